The zero-order chi connectivity index (χ0) is 20.2. The molecule has 1 aromatic heterocycles. The minimum atomic E-state index is -0.458. The van der Waals surface area contributed by atoms with Gasteiger partial charge in [-0.2, -0.15) is 0 Å². The molecule has 2 N–H and O–H groups in total. The summed E-state index contributed by atoms with van der Waals surface area (Å²) in [5.41, 5.74) is 0.0523. The number of fused-ring (bicyclic) bond motifs is 1. The van der Waals surface area contributed by atoms with Gasteiger partial charge in [-0.15, -0.1) is 0 Å². The number of rotatable bonds is 5. The van der Waals surface area contributed by atoms with Crippen LogP contribution in [0.1, 0.15) is 36.0 Å². The SMILES string of the molecule is O=C(Cn1cccnc1=O)N[C@@H]1CCC[C@@H](NC(=O)c2ccc3c(c2)OCO3)C1. The van der Waals surface area contributed by atoms with E-state index < -0.39 is 5.69 Å². The largest absolute Gasteiger partial charge is 0.454 e. The number of nitrogens with zero attached hydrogens (tertiary/aromatic N) is 2. The van der Waals surface area contributed by atoms with Crippen molar-refractivity contribution in [3.05, 3.63) is 52.7 Å². The molecule has 1 aromatic carbocycles. The molecule has 1 aliphatic carbocycles. The maximum absolute atomic E-state index is 12.6. The van der Waals surface area contributed by atoms with Crippen molar-refractivity contribution in [1.29, 1.82) is 0 Å². The van der Waals surface area contributed by atoms with Crippen molar-refractivity contribution < 1.29 is 19.1 Å². The predicted molar refractivity (Wildman–Crippen MR) is 103 cm³/mol. The first kappa shape index (κ1) is 19.0. The minimum Gasteiger partial charge on any atom is -0.454 e. The molecule has 0 unspecified atom stereocenters. The van der Waals surface area contributed by atoms with Gasteiger partial charge < -0.3 is 20.1 Å². The third kappa shape index (κ3) is 4.56. The number of carbonyl (C=O) groups excluding carboxylic acids is 2. The molecule has 1 fully saturated rings. The Hall–Kier alpha value is -3.36. The monoisotopic (exact) mass is 398 g/mol. The van der Waals surface area contributed by atoms with Crippen LogP contribution < -0.4 is 25.8 Å². The Kier molecular flexibility index (Phi) is 5.46. The zero-order valence-electron chi connectivity index (χ0n) is 15.8. The van der Waals surface area contributed by atoms with E-state index >= 15 is 0 Å². The highest BCUT2D eigenvalue weighted by molar-refractivity contribution is 5.95. The average Bonchev–Trinajstić information content (AvgIpc) is 3.18. The van der Waals surface area contributed by atoms with Gasteiger partial charge >= 0.3 is 5.69 Å². The molecule has 2 heterocycles. The van der Waals surface area contributed by atoms with Crippen molar-refractivity contribution in [2.24, 2.45) is 0 Å². The van der Waals surface area contributed by atoms with E-state index in [1.54, 1.807) is 24.3 Å². The van der Waals surface area contributed by atoms with Gasteiger partial charge in [-0.1, -0.05) is 0 Å². The first-order valence-electron chi connectivity index (χ1n) is 9.60. The lowest BCUT2D eigenvalue weighted by Gasteiger charge is -2.30. The zero-order valence-corrected chi connectivity index (χ0v) is 15.8. The molecule has 29 heavy (non-hydrogen) atoms. The molecule has 2 amide bonds. The lowest BCUT2D eigenvalue weighted by molar-refractivity contribution is -0.122. The summed E-state index contributed by atoms with van der Waals surface area (Å²) in [5.74, 6) is 0.779. The molecule has 2 aromatic rings. The summed E-state index contributed by atoms with van der Waals surface area (Å²) < 4.78 is 11.8. The van der Waals surface area contributed by atoms with Crippen LogP contribution in [0, 0.1) is 0 Å². The van der Waals surface area contributed by atoms with Crippen LogP contribution in [0.5, 0.6) is 11.5 Å². The predicted octanol–water partition coefficient (Wildman–Crippen LogP) is 0.829. The van der Waals surface area contributed by atoms with Gasteiger partial charge in [0.2, 0.25) is 12.7 Å². The molecule has 0 spiro atoms. The molecule has 1 saturated carbocycles. The summed E-state index contributed by atoms with van der Waals surface area (Å²) in [6.45, 7) is 0.0902. The minimum absolute atomic E-state index is 0.0342. The number of amides is 2. The molecule has 1 aliphatic heterocycles. The van der Waals surface area contributed by atoms with E-state index in [4.69, 9.17) is 9.47 Å². The van der Waals surface area contributed by atoms with Crippen molar-refractivity contribution in [2.75, 3.05) is 6.79 Å². The molecule has 9 nitrogen and oxygen atoms in total. The van der Waals surface area contributed by atoms with E-state index in [1.165, 1.54) is 17.0 Å². The Morgan fingerprint density at radius 3 is 2.76 bits per heavy atom. The molecular weight excluding hydrogens is 376 g/mol. The highest BCUT2D eigenvalue weighted by Crippen LogP contribution is 2.32. The Morgan fingerprint density at radius 1 is 1.14 bits per heavy atom. The summed E-state index contributed by atoms with van der Waals surface area (Å²) in [5, 5.41) is 5.99. The number of carbonyl (C=O) groups is 2. The summed E-state index contributed by atoms with van der Waals surface area (Å²) in [6, 6.07) is 6.62. The van der Waals surface area contributed by atoms with E-state index in [0.717, 1.165) is 19.3 Å². The summed E-state index contributed by atoms with van der Waals surface area (Å²) in [7, 11) is 0. The van der Waals surface area contributed by atoms with Gasteiger partial charge in [0.1, 0.15) is 6.54 Å². The van der Waals surface area contributed by atoms with Crippen molar-refractivity contribution in [3.63, 3.8) is 0 Å². The van der Waals surface area contributed by atoms with Crippen molar-refractivity contribution >= 4 is 11.8 Å². The van der Waals surface area contributed by atoms with E-state index in [0.29, 0.717) is 23.5 Å². The van der Waals surface area contributed by atoms with Gasteiger partial charge in [0.25, 0.3) is 5.91 Å². The fourth-order valence-corrected chi connectivity index (χ4v) is 3.69. The van der Waals surface area contributed by atoms with Crippen molar-refractivity contribution in [2.45, 2.75) is 44.3 Å². The van der Waals surface area contributed by atoms with Gasteiger partial charge in [-0.25, -0.2) is 9.78 Å². The van der Waals surface area contributed by atoms with Gasteiger partial charge in [0.15, 0.2) is 11.5 Å². The number of hydrogen-bond donors (Lipinski definition) is 2. The third-order valence-electron chi connectivity index (χ3n) is 5.11. The lowest BCUT2D eigenvalue weighted by Crippen LogP contribution is -2.46. The number of aromatic nitrogens is 2. The summed E-state index contributed by atoms with van der Waals surface area (Å²) in [6.07, 6.45) is 6.15. The second-order valence-electron chi connectivity index (χ2n) is 7.20. The van der Waals surface area contributed by atoms with Gasteiger partial charge in [0, 0.05) is 30.0 Å². The fourth-order valence-electron chi connectivity index (χ4n) is 3.69. The van der Waals surface area contributed by atoms with Crippen LogP contribution in [0.2, 0.25) is 0 Å². The van der Waals surface area contributed by atoms with E-state index in [-0.39, 0.29) is 37.2 Å². The number of nitrogens with one attached hydrogen (secondary N) is 2. The average molecular weight is 398 g/mol. The van der Waals surface area contributed by atoms with Crippen LogP contribution in [0.3, 0.4) is 0 Å². The summed E-state index contributed by atoms with van der Waals surface area (Å²) >= 11 is 0. The number of hydrogen-bond acceptors (Lipinski definition) is 6. The molecular formula is C20H22N4O5. The van der Waals surface area contributed by atoms with Crippen molar-refractivity contribution in [1.82, 2.24) is 20.2 Å². The standard InChI is InChI=1S/C20H22N4O5/c25-18(11-24-8-2-7-21-20(24)27)22-14-3-1-4-15(10-14)23-19(26)13-5-6-16-17(9-13)29-12-28-16/h2,5-9,14-15H,1,3-4,10-12H2,(H,22,25)(H,23,26)/t14-,15-/m1/s1. The fraction of sp³-hybridized carbons (Fsp3) is 0.400. The van der Waals surface area contributed by atoms with Crippen LogP contribution in [-0.4, -0.2) is 40.2 Å². The molecule has 9 heteroatoms. The lowest BCUT2D eigenvalue weighted by atomic mass is 9.90. The molecule has 4 rings (SSSR count). The Morgan fingerprint density at radius 2 is 1.93 bits per heavy atom. The Labute approximate surface area is 167 Å². The number of benzene rings is 1. The molecule has 2 atom stereocenters. The van der Waals surface area contributed by atoms with Crippen LogP contribution in [0.4, 0.5) is 0 Å². The van der Waals surface area contributed by atoms with Crippen LogP contribution >= 0.6 is 0 Å². The normalized spacial score (nSPS) is 20.1. The van der Waals surface area contributed by atoms with E-state index in [9.17, 15) is 14.4 Å². The quantitative estimate of drug-likeness (QED) is 0.772. The van der Waals surface area contributed by atoms with Crippen LogP contribution in [0.15, 0.2) is 41.5 Å². The van der Waals surface area contributed by atoms with Crippen LogP contribution in [0.25, 0.3) is 0 Å². The summed E-state index contributed by atoms with van der Waals surface area (Å²) in [4.78, 5) is 40.1. The molecule has 152 valence electrons. The Balaban J connectivity index is 1.31. The van der Waals surface area contributed by atoms with E-state index in [1.807, 2.05) is 0 Å². The first-order chi connectivity index (χ1) is 14.1. The Bertz CT molecular complexity index is 973. The molecule has 0 bridgehead atoms. The second kappa shape index (κ2) is 8.34. The van der Waals surface area contributed by atoms with Gasteiger partial charge in [0.05, 0.1) is 0 Å². The molecule has 2 aliphatic rings. The highest BCUT2D eigenvalue weighted by atomic mass is 16.7. The smallest absolute Gasteiger partial charge is 0.347 e. The third-order valence-corrected chi connectivity index (χ3v) is 5.11. The molecule has 0 radical (unpaired) electrons. The van der Waals surface area contributed by atoms with Gasteiger partial charge in [-0.3, -0.25) is 14.2 Å². The van der Waals surface area contributed by atoms with Gasteiger partial charge in [-0.05, 0) is 49.9 Å². The topological polar surface area (TPSA) is 112 Å². The van der Waals surface area contributed by atoms with Crippen molar-refractivity contribution in [3.8, 4) is 11.5 Å². The molecule has 0 saturated heterocycles. The maximum atomic E-state index is 12.6. The maximum Gasteiger partial charge on any atom is 0.347 e. The number of ether oxygens (including phenoxy) is 2. The highest BCUT2D eigenvalue weighted by Gasteiger charge is 2.25. The second-order valence-corrected chi connectivity index (χ2v) is 7.20. The first-order valence-corrected chi connectivity index (χ1v) is 9.60. The van der Waals surface area contributed by atoms with Crippen LogP contribution in [-0.2, 0) is 11.3 Å². The van der Waals surface area contributed by atoms with E-state index in [2.05, 4.69) is 15.6 Å².